The van der Waals surface area contributed by atoms with Gasteiger partial charge in [-0.3, -0.25) is 37.3 Å². The molecule has 0 aromatic heterocycles. The van der Waals surface area contributed by atoms with Crippen LogP contribution in [0.1, 0.15) is 382 Å². The zero-order valence-corrected chi connectivity index (χ0v) is 63.2. The van der Waals surface area contributed by atoms with Crippen LogP contribution in [0.3, 0.4) is 0 Å². The number of hydrogen-bond acceptors (Lipinski definition) is 15. The van der Waals surface area contributed by atoms with E-state index >= 15 is 0 Å². The van der Waals surface area contributed by atoms with Crippen LogP contribution in [0.25, 0.3) is 0 Å². The molecule has 0 fully saturated rings. The van der Waals surface area contributed by atoms with E-state index in [1.54, 1.807) is 0 Å². The number of hydrogen-bond donors (Lipinski definition) is 3. The van der Waals surface area contributed by atoms with Crippen LogP contribution < -0.4 is 0 Å². The molecule has 0 heterocycles. The Hall–Kier alpha value is -1.94. The molecule has 558 valence electrons. The van der Waals surface area contributed by atoms with Gasteiger partial charge in [-0.2, -0.15) is 0 Å². The SMILES string of the molecule is CCCCCCCC(=O)OC[C@H](COP(=O)(O)OC[C@H](O)COP(=O)(O)OC[C@@H](COC(=O)CCCCCCCCCCCCCCCCC(C)C)OC(=O)CCCCCCCCCCCCCCCCCCCCC(C)CC)OC(=O)CCCCCCCCC(C)CC. The largest absolute Gasteiger partial charge is 0.472 e. The van der Waals surface area contributed by atoms with Crippen molar-refractivity contribution in [3.63, 3.8) is 0 Å². The number of ether oxygens (including phenoxy) is 4. The standard InChI is InChI=1S/C75H146O17P2/c1-8-11-12-39-49-56-72(77)85-62-70(92-75(80)59-52-45-38-37-42-48-55-68(7)10-3)64-89-93(81,82)87-60-69(76)61-88-94(83,84)90-65-71(63-86-73(78)57-50-43-35-31-27-23-20-19-21-25-29-33-40-46-53-66(4)5)91-74(79)58-51-44-36-32-28-24-18-16-14-13-15-17-22-26-30-34-41-47-54-67(6)9-2/h66-71,76H,8-65H2,1-7H3,(H,81,82)(H,83,84)/t67?,68?,69-,70+,71+/m0/s1. The van der Waals surface area contributed by atoms with Gasteiger partial charge < -0.3 is 33.8 Å². The first-order chi connectivity index (χ1) is 45.3. The summed E-state index contributed by atoms with van der Waals surface area (Å²) in [7, 11) is -9.90. The fraction of sp³-hybridized carbons (Fsp3) is 0.947. The van der Waals surface area contributed by atoms with E-state index < -0.39 is 97.5 Å². The maximum absolute atomic E-state index is 13.1. The molecule has 0 aliphatic heterocycles. The Bertz CT molecular complexity index is 1840. The highest BCUT2D eigenvalue weighted by Crippen LogP contribution is 2.45. The lowest BCUT2D eigenvalue weighted by Gasteiger charge is -2.21. The zero-order chi connectivity index (χ0) is 69.4. The monoisotopic (exact) mass is 1380 g/mol. The molecule has 0 saturated heterocycles. The second-order valence-corrected chi connectivity index (χ2v) is 30.9. The Morgan fingerprint density at radius 2 is 0.543 bits per heavy atom. The van der Waals surface area contributed by atoms with E-state index in [2.05, 4.69) is 48.5 Å². The second kappa shape index (κ2) is 65.7. The molecule has 0 spiro atoms. The van der Waals surface area contributed by atoms with Crippen molar-refractivity contribution in [3.05, 3.63) is 0 Å². The van der Waals surface area contributed by atoms with Crippen LogP contribution in [0.4, 0.5) is 0 Å². The predicted octanol–water partition coefficient (Wildman–Crippen LogP) is 21.8. The Morgan fingerprint density at radius 3 is 0.809 bits per heavy atom. The van der Waals surface area contributed by atoms with Gasteiger partial charge in [0.2, 0.25) is 0 Å². The number of carbonyl (C=O) groups is 4. The number of phosphoric acid groups is 2. The summed E-state index contributed by atoms with van der Waals surface area (Å²) < 4.78 is 68.2. The molecule has 3 N–H and O–H groups in total. The molecule has 19 heteroatoms. The van der Waals surface area contributed by atoms with Crippen molar-refractivity contribution < 1.29 is 80.2 Å². The first-order valence-electron chi connectivity index (χ1n) is 38.9. The minimum atomic E-state index is -4.96. The molecule has 0 rings (SSSR count). The van der Waals surface area contributed by atoms with Crippen LogP contribution >= 0.6 is 15.6 Å². The van der Waals surface area contributed by atoms with Gasteiger partial charge in [-0.25, -0.2) is 9.13 Å². The van der Waals surface area contributed by atoms with E-state index in [9.17, 15) is 43.2 Å². The summed E-state index contributed by atoms with van der Waals surface area (Å²) in [6.45, 7) is 11.8. The molecule has 0 radical (unpaired) electrons. The quantitative estimate of drug-likeness (QED) is 0.0222. The summed E-state index contributed by atoms with van der Waals surface area (Å²) in [6, 6.07) is 0. The highest BCUT2D eigenvalue weighted by Gasteiger charge is 2.30. The molecule has 0 aliphatic rings. The normalized spacial score (nSPS) is 14.7. The van der Waals surface area contributed by atoms with Gasteiger partial charge in [-0.1, -0.05) is 331 Å². The lowest BCUT2D eigenvalue weighted by molar-refractivity contribution is -0.161. The number of aliphatic hydroxyl groups excluding tert-OH is 1. The van der Waals surface area contributed by atoms with E-state index in [1.165, 1.54) is 186 Å². The van der Waals surface area contributed by atoms with Crippen molar-refractivity contribution in [2.45, 2.75) is 401 Å². The van der Waals surface area contributed by atoms with Crippen molar-refractivity contribution in [2.75, 3.05) is 39.6 Å². The summed E-state index contributed by atoms with van der Waals surface area (Å²) in [5.74, 6) is 0.257. The van der Waals surface area contributed by atoms with Gasteiger partial charge in [-0.05, 0) is 43.4 Å². The van der Waals surface area contributed by atoms with E-state index in [0.29, 0.717) is 25.7 Å². The number of carbonyl (C=O) groups excluding carboxylic acids is 4. The molecule has 0 aromatic rings. The van der Waals surface area contributed by atoms with Gasteiger partial charge in [0, 0.05) is 25.7 Å². The van der Waals surface area contributed by atoms with Gasteiger partial charge in [0.1, 0.15) is 19.3 Å². The molecule has 0 aromatic carbocycles. The van der Waals surface area contributed by atoms with Crippen LogP contribution in [0, 0.1) is 17.8 Å². The van der Waals surface area contributed by atoms with Crippen LogP contribution in [-0.4, -0.2) is 96.7 Å². The number of aliphatic hydroxyl groups is 1. The van der Waals surface area contributed by atoms with E-state index in [-0.39, 0.29) is 25.7 Å². The third-order valence-corrected chi connectivity index (χ3v) is 20.0. The van der Waals surface area contributed by atoms with E-state index in [4.69, 9.17) is 37.0 Å². The van der Waals surface area contributed by atoms with Crippen molar-refractivity contribution >= 4 is 39.5 Å². The van der Waals surface area contributed by atoms with Crippen molar-refractivity contribution in [1.29, 1.82) is 0 Å². The average molecular weight is 1380 g/mol. The fourth-order valence-corrected chi connectivity index (χ4v) is 12.9. The highest BCUT2D eigenvalue weighted by molar-refractivity contribution is 7.47. The fourth-order valence-electron chi connectivity index (χ4n) is 11.4. The van der Waals surface area contributed by atoms with Gasteiger partial charge in [0.25, 0.3) is 0 Å². The molecule has 0 aliphatic carbocycles. The first kappa shape index (κ1) is 92.1. The summed E-state index contributed by atoms with van der Waals surface area (Å²) in [5, 5.41) is 10.6. The molecular formula is C75H146O17P2. The summed E-state index contributed by atoms with van der Waals surface area (Å²) in [5.41, 5.74) is 0. The Labute approximate surface area is 575 Å². The van der Waals surface area contributed by atoms with Crippen molar-refractivity contribution in [2.24, 2.45) is 17.8 Å². The van der Waals surface area contributed by atoms with Crippen LogP contribution in [-0.2, 0) is 65.4 Å². The molecule has 0 amide bonds. The molecule has 17 nitrogen and oxygen atoms in total. The lowest BCUT2D eigenvalue weighted by atomic mass is 9.99. The Morgan fingerprint density at radius 1 is 0.309 bits per heavy atom. The third-order valence-electron chi connectivity index (χ3n) is 18.1. The summed E-state index contributed by atoms with van der Waals surface area (Å²) in [6.07, 6.45) is 51.9. The predicted molar refractivity (Wildman–Crippen MR) is 381 cm³/mol. The van der Waals surface area contributed by atoms with Gasteiger partial charge in [0.15, 0.2) is 12.2 Å². The van der Waals surface area contributed by atoms with Crippen molar-refractivity contribution in [3.8, 4) is 0 Å². The first-order valence-corrected chi connectivity index (χ1v) is 41.9. The van der Waals surface area contributed by atoms with Crippen molar-refractivity contribution in [1.82, 2.24) is 0 Å². The highest BCUT2D eigenvalue weighted by atomic mass is 31.2. The molecule has 0 bridgehead atoms. The minimum absolute atomic E-state index is 0.102. The molecular weight excluding hydrogens is 1230 g/mol. The molecule has 7 atom stereocenters. The van der Waals surface area contributed by atoms with Crippen LogP contribution in [0.15, 0.2) is 0 Å². The third kappa shape index (κ3) is 66.0. The maximum atomic E-state index is 13.1. The van der Waals surface area contributed by atoms with Gasteiger partial charge in [-0.15, -0.1) is 0 Å². The number of rotatable bonds is 73. The number of phosphoric ester groups is 2. The maximum Gasteiger partial charge on any atom is 0.472 e. The van der Waals surface area contributed by atoms with Crippen LogP contribution in [0.5, 0.6) is 0 Å². The minimum Gasteiger partial charge on any atom is -0.462 e. The topological polar surface area (TPSA) is 237 Å². The van der Waals surface area contributed by atoms with E-state index in [0.717, 1.165) is 114 Å². The second-order valence-electron chi connectivity index (χ2n) is 28.0. The van der Waals surface area contributed by atoms with E-state index in [1.807, 2.05) is 0 Å². The van der Waals surface area contributed by atoms with Crippen LogP contribution in [0.2, 0.25) is 0 Å². The molecule has 4 unspecified atom stereocenters. The molecule has 94 heavy (non-hydrogen) atoms. The Balaban J connectivity index is 5.11. The summed E-state index contributed by atoms with van der Waals surface area (Å²) >= 11 is 0. The summed E-state index contributed by atoms with van der Waals surface area (Å²) in [4.78, 5) is 72.4. The zero-order valence-electron chi connectivity index (χ0n) is 61.4. The van der Waals surface area contributed by atoms with Gasteiger partial charge in [0.05, 0.1) is 26.4 Å². The average Bonchev–Trinajstić information content (AvgIpc) is 1.89. The lowest BCUT2D eigenvalue weighted by Crippen LogP contribution is -2.30. The molecule has 0 saturated carbocycles. The Kier molecular flexibility index (Phi) is 64.3. The number of esters is 4. The van der Waals surface area contributed by atoms with Gasteiger partial charge >= 0.3 is 39.5 Å². The smallest absolute Gasteiger partial charge is 0.462 e. The number of unbranched alkanes of at least 4 members (excludes halogenated alkanes) is 39.